The first-order chi connectivity index (χ1) is 20.5. The van der Waals surface area contributed by atoms with Crippen molar-refractivity contribution in [3.05, 3.63) is 72.6 Å². The molecule has 42 heavy (non-hydrogen) atoms. The van der Waals surface area contributed by atoms with Gasteiger partial charge in [0, 0.05) is 41.7 Å². The first kappa shape index (κ1) is 25.9. The van der Waals surface area contributed by atoms with Gasteiger partial charge in [-0.15, -0.1) is 0 Å². The molecular weight excluding hydrogens is 531 g/mol. The van der Waals surface area contributed by atoms with Crippen LogP contribution in [0.15, 0.2) is 61.2 Å². The van der Waals surface area contributed by atoms with Crippen molar-refractivity contribution in [2.75, 3.05) is 5.32 Å². The molecule has 0 aliphatic heterocycles. The van der Waals surface area contributed by atoms with Gasteiger partial charge in [-0.25, -0.2) is 19.3 Å². The van der Waals surface area contributed by atoms with Crippen LogP contribution in [0, 0.1) is 18.7 Å². The molecule has 9 nitrogen and oxygen atoms in total. The fraction of sp³-hybridized carbons (Fsp3) is 0.250. The van der Waals surface area contributed by atoms with E-state index in [-0.39, 0.29) is 11.7 Å². The molecule has 0 saturated heterocycles. The van der Waals surface area contributed by atoms with Crippen molar-refractivity contribution in [2.45, 2.75) is 45.4 Å². The number of aromatic amines is 2. The van der Waals surface area contributed by atoms with Crippen LogP contribution < -0.4 is 5.32 Å². The summed E-state index contributed by atoms with van der Waals surface area (Å²) in [6, 6.07) is 10.7. The zero-order valence-corrected chi connectivity index (χ0v) is 23.1. The molecule has 1 aliphatic rings. The first-order valence-corrected chi connectivity index (χ1v) is 14.2. The maximum absolute atomic E-state index is 14.2. The summed E-state index contributed by atoms with van der Waals surface area (Å²) in [5.41, 5.74) is 7.08. The highest BCUT2D eigenvalue weighted by Gasteiger charge is 2.19. The van der Waals surface area contributed by atoms with Gasteiger partial charge in [-0.3, -0.25) is 14.9 Å². The van der Waals surface area contributed by atoms with Crippen molar-refractivity contribution in [1.29, 1.82) is 0 Å². The molecule has 0 radical (unpaired) electrons. The second kappa shape index (κ2) is 10.8. The molecule has 7 rings (SSSR count). The lowest BCUT2D eigenvalue weighted by Gasteiger charge is -2.20. The van der Waals surface area contributed by atoms with E-state index in [1.54, 1.807) is 24.8 Å². The lowest BCUT2D eigenvalue weighted by Crippen LogP contribution is -2.18. The molecular formula is C32H29FN8O. The molecule has 0 bridgehead atoms. The number of imidazole rings is 1. The van der Waals surface area contributed by atoms with Crippen LogP contribution in [0.3, 0.4) is 0 Å². The highest BCUT2D eigenvalue weighted by molar-refractivity contribution is 5.96. The summed E-state index contributed by atoms with van der Waals surface area (Å²) in [4.78, 5) is 34.1. The van der Waals surface area contributed by atoms with Crippen molar-refractivity contribution >= 4 is 33.8 Å². The number of carbonyl (C=O) groups is 1. The summed E-state index contributed by atoms with van der Waals surface area (Å²) in [7, 11) is 0. The molecule has 0 unspecified atom stereocenters. The highest BCUT2D eigenvalue weighted by Crippen LogP contribution is 2.33. The van der Waals surface area contributed by atoms with Gasteiger partial charge in [0.15, 0.2) is 17.1 Å². The topological polar surface area (TPSA) is 125 Å². The second-order valence-electron chi connectivity index (χ2n) is 11.1. The van der Waals surface area contributed by atoms with E-state index in [4.69, 9.17) is 4.98 Å². The summed E-state index contributed by atoms with van der Waals surface area (Å²) < 4.78 is 14.2. The number of halogens is 1. The zero-order valence-electron chi connectivity index (χ0n) is 23.1. The molecule has 10 heteroatoms. The Hall–Kier alpha value is -4.99. The summed E-state index contributed by atoms with van der Waals surface area (Å²) in [5, 5.41) is 11.2. The van der Waals surface area contributed by atoms with Gasteiger partial charge in [0.2, 0.25) is 5.91 Å². The van der Waals surface area contributed by atoms with Crippen LogP contribution in [0.25, 0.3) is 56.0 Å². The number of hydrogen-bond donors (Lipinski definition) is 3. The van der Waals surface area contributed by atoms with E-state index < -0.39 is 0 Å². The van der Waals surface area contributed by atoms with Crippen LogP contribution in [0.1, 0.15) is 44.1 Å². The first-order valence-electron chi connectivity index (χ1n) is 14.2. The van der Waals surface area contributed by atoms with Crippen molar-refractivity contribution in [3.8, 4) is 33.8 Å². The number of H-pyrrole nitrogens is 2. The van der Waals surface area contributed by atoms with Crippen LogP contribution in [-0.2, 0) is 4.79 Å². The number of nitrogens with zero attached hydrogens (tertiary/aromatic N) is 5. The van der Waals surface area contributed by atoms with Gasteiger partial charge in [0.1, 0.15) is 11.5 Å². The van der Waals surface area contributed by atoms with Crippen LogP contribution in [-0.4, -0.2) is 41.0 Å². The van der Waals surface area contributed by atoms with E-state index in [0.29, 0.717) is 46.4 Å². The van der Waals surface area contributed by atoms with Crippen LogP contribution in [0.2, 0.25) is 0 Å². The lowest BCUT2D eigenvalue weighted by atomic mass is 9.87. The summed E-state index contributed by atoms with van der Waals surface area (Å²) in [6.45, 7) is 1.86. The minimum Gasteiger partial charge on any atom is -0.335 e. The van der Waals surface area contributed by atoms with Crippen molar-refractivity contribution in [1.82, 2.24) is 35.1 Å². The average Bonchev–Trinajstić information content (AvgIpc) is 3.61. The fourth-order valence-corrected chi connectivity index (χ4v) is 5.93. The molecule has 0 atom stereocenters. The van der Waals surface area contributed by atoms with Crippen molar-refractivity contribution in [2.24, 2.45) is 5.92 Å². The normalized spacial score (nSPS) is 14.0. The maximum atomic E-state index is 14.2. The Balaban J connectivity index is 1.20. The Morgan fingerprint density at radius 2 is 1.83 bits per heavy atom. The van der Waals surface area contributed by atoms with Gasteiger partial charge in [-0.05, 0) is 67.1 Å². The number of benzene rings is 1. The lowest BCUT2D eigenvalue weighted by molar-refractivity contribution is -0.117. The largest absolute Gasteiger partial charge is 0.335 e. The maximum Gasteiger partial charge on any atom is 0.224 e. The Morgan fingerprint density at radius 3 is 2.69 bits per heavy atom. The molecule has 1 amide bonds. The Morgan fingerprint density at radius 1 is 0.976 bits per heavy atom. The molecule has 3 N–H and O–H groups in total. The molecule has 1 aliphatic carbocycles. The number of nitrogens with one attached hydrogen (secondary N) is 3. The minimum atomic E-state index is -0.296. The number of aromatic nitrogens is 7. The van der Waals surface area contributed by atoms with Gasteiger partial charge < -0.3 is 10.3 Å². The van der Waals surface area contributed by atoms with Gasteiger partial charge in [-0.2, -0.15) is 5.10 Å². The predicted molar refractivity (Wildman–Crippen MR) is 160 cm³/mol. The molecule has 0 spiro atoms. The van der Waals surface area contributed by atoms with Crippen LogP contribution >= 0.6 is 0 Å². The van der Waals surface area contributed by atoms with Gasteiger partial charge in [0.25, 0.3) is 0 Å². The molecule has 6 aromatic rings. The quantitative estimate of drug-likeness (QED) is 0.202. The number of aryl methyl sites for hydroxylation is 1. The Kier molecular flexibility index (Phi) is 6.65. The molecule has 1 fully saturated rings. The fourth-order valence-electron chi connectivity index (χ4n) is 5.93. The van der Waals surface area contributed by atoms with Gasteiger partial charge in [-0.1, -0.05) is 25.3 Å². The third-order valence-corrected chi connectivity index (χ3v) is 7.95. The highest BCUT2D eigenvalue weighted by atomic mass is 19.1. The van der Waals surface area contributed by atoms with Gasteiger partial charge >= 0.3 is 0 Å². The molecule has 210 valence electrons. The third kappa shape index (κ3) is 5.11. The van der Waals surface area contributed by atoms with Crippen LogP contribution in [0.4, 0.5) is 10.1 Å². The number of anilines is 1. The Bertz CT molecular complexity index is 1920. The third-order valence-electron chi connectivity index (χ3n) is 7.95. The van der Waals surface area contributed by atoms with E-state index in [2.05, 4.69) is 35.5 Å². The van der Waals surface area contributed by atoms with E-state index in [9.17, 15) is 9.18 Å². The summed E-state index contributed by atoms with van der Waals surface area (Å²) in [5.74, 6) is 0.734. The summed E-state index contributed by atoms with van der Waals surface area (Å²) in [6.07, 6.45) is 13.3. The SMILES string of the molecule is Cc1cc(F)cc(-c2ccnc3nc(-c4[nH]nc5ncc(-c6cncc(NC(=O)CC7CCCCC7)c6)cc45)[nH]c23)c1. The Labute approximate surface area is 241 Å². The standard InChI is InChI=1S/C32H29FN8O/c1-18-9-20(12-23(33)10-18)25-7-8-35-31-28(25)38-32(39-31)29-26-14-22(16-36-30(26)41-40-29)21-13-24(17-34-15-21)37-27(42)11-19-5-3-2-4-6-19/h7-10,12-17,19H,2-6,11H2,1H3,(H,37,42)(H,35,38,39)(H,36,40,41). The monoisotopic (exact) mass is 560 g/mol. The molecule has 1 saturated carbocycles. The number of amides is 1. The molecule has 5 aromatic heterocycles. The predicted octanol–water partition coefficient (Wildman–Crippen LogP) is 6.98. The number of carbonyl (C=O) groups excluding carboxylic acids is 1. The number of hydrogen-bond acceptors (Lipinski definition) is 6. The van der Waals surface area contributed by atoms with E-state index in [0.717, 1.165) is 46.0 Å². The van der Waals surface area contributed by atoms with Crippen molar-refractivity contribution < 1.29 is 9.18 Å². The summed E-state index contributed by atoms with van der Waals surface area (Å²) >= 11 is 0. The second-order valence-corrected chi connectivity index (χ2v) is 11.1. The smallest absolute Gasteiger partial charge is 0.224 e. The average molecular weight is 561 g/mol. The number of pyridine rings is 3. The minimum absolute atomic E-state index is 0.0258. The molecule has 5 heterocycles. The van der Waals surface area contributed by atoms with Crippen LogP contribution in [0.5, 0.6) is 0 Å². The van der Waals surface area contributed by atoms with E-state index >= 15 is 0 Å². The van der Waals surface area contributed by atoms with E-state index in [1.807, 2.05) is 31.2 Å². The zero-order chi connectivity index (χ0) is 28.6. The van der Waals surface area contributed by atoms with Gasteiger partial charge in [0.05, 0.1) is 22.8 Å². The number of fused-ring (bicyclic) bond motifs is 2. The van der Waals surface area contributed by atoms with Crippen molar-refractivity contribution in [3.63, 3.8) is 0 Å². The number of rotatable bonds is 6. The van der Waals surface area contributed by atoms with E-state index in [1.165, 1.54) is 31.4 Å². The molecule has 1 aromatic carbocycles.